The standard InChI is InChI=1S/C15H22N2O3S/c1-8-10(3)21-13(12(8)14(18)19)17-15(20)16-9(2)11-6-4-5-7-11/h9,11H,4-7H2,1-3H3,(H,18,19)(H2,16,17,20)/t9-/m1/s1. The minimum absolute atomic E-state index is 0.114. The molecule has 0 bridgehead atoms. The number of aryl methyl sites for hydroxylation is 1. The summed E-state index contributed by atoms with van der Waals surface area (Å²) >= 11 is 1.30. The first-order valence-corrected chi connectivity index (χ1v) is 8.12. The molecule has 6 heteroatoms. The lowest BCUT2D eigenvalue weighted by atomic mass is 10.0. The van der Waals surface area contributed by atoms with Crippen LogP contribution in [0.2, 0.25) is 0 Å². The van der Waals surface area contributed by atoms with Gasteiger partial charge in [-0.2, -0.15) is 0 Å². The molecular weight excluding hydrogens is 288 g/mol. The summed E-state index contributed by atoms with van der Waals surface area (Å²) in [6.07, 6.45) is 4.76. The number of thiophene rings is 1. The lowest BCUT2D eigenvalue weighted by Crippen LogP contribution is -2.39. The summed E-state index contributed by atoms with van der Waals surface area (Å²) in [7, 11) is 0. The Morgan fingerprint density at radius 1 is 1.29 bits per heavy atom. The number of amides is 2. The van der Waals surface area contributed by atoms with Crippen molar-refractivity contribution in [2.75, 3.05) is 5.32 Å². The van der Waals surface area contributed by atoms with Crippen molar-refractivity contribution in [1.29, 1.82) is 0 Å². The van der Waals surface area contributed by atoms with Gasteiger partial charge in [0.2, 0.25) is 0 Å². The molecular formula is C15H22N2O3S. The fourth-order valence-electron chi connectivity index (χ4n) is 2.89. The van der Waals surface area contributed by atoms with Crippen molar-refractivity contribution in [2.24, 2.45) is 5.92 Å². The Morgan fingerprint density at radius 3 is 2.48 bits per heavy atom. The van der Waals surface area contributed by atoms with Crippen LogP contribution in [0.5, 0.6) is 0 Å². The number of aromatic carboxylic acids is 1. The van der Waals surface area contributed by atoms with Gasteiger partial charge in [0.1, 0.15) is 5.00 Å². The molecule has 3 N–H and O–H groups in total. The highest BCUT2D eigenvalue weighted by Crippen LogP contribution is 2.32. The molecule has 1 aliphatic rings. The Morgan fingerprint density at radius 2 is 1.90 bits per heavy atom. The van der Waals surface area contributed by atoms with E-state index in [1.54, 1.807) is 6.92 Å². The maximum atomic E-state index is 12.1. The number of nitrogens with one attached hydrogen (secondary N) is 2. The Balaban J connectivity index is 2.02. The number of hydrogen-bond donors (Lipinski definition) is 3. The average Bonchev–Trinajstić information content (AvgIpc) is 2.99. The number of carboxylic acid groups (broad SMARTS) is 1. The van der Waals surface area contributed by atoms with E-state index >= 15 is 0 Å². The third-order valence-corrected chi connectivity index (χ3v) is 5.41. The number of carbonyl (C=O) groups is 2. The second-order valence-corrected chi connectivity index (χ2v) is 6.95. The van der Waals surface area contributed by atoms with Gasteiger partial charge in [-0.15, -0.1) is 11.3 Å². The van der Waals surface area contributed by atoms with E-state index in [9.17, 15) is 14.7 Å². The molecule has 2 rings (SSSR count). The van der Waals surface area contributed by atoms with Crippen molar-refractivity contribution in [3.05, 3.63) is 16.0 Å². The fraction of sp³-hybridized carbons (Fsp3) is 0.600. The number of hydrogen-bond acceptors (Lipinski definition) is 3. The van der Waals surface area contributed by atoms with Gasteiger partial charge in [0.05, 0.1) is 5.56 Å². The zero-order valence-electron chi connectivity index (χ0n) is 12.7. The van der Waals surface area contributed by atoms with Crippen molar-refractivity contribution < 1.29 is 14.7 Å². The van der Waals surface area contributed by atoms with E-state index < -0.39 is 5.97 Å². The second-order valence-electron chi connectivity index (χ2n) is 5.72. The highest BCUT2D eigenvalue weighted by Gasteiger charge is 2.24. The Bertz CT molecular complexity index is 547. The quantitative estimate of drug-likeness (QED) is 0.792. The van der Waals surface area contributed by atoms with Crippen LogP contribution in [0.3, 0.4) is 0 Å². The van der Waals surface area contributed by atoms with Crippen LogP contribution in [0.4, 0.5) is 9.80 Å². The molecule has 0 unspecified atom stereocenters. The lowest BCUT2D eigenvalue weighted by molar-refractivity contribution is 0.0697. The number of carbonyl (C=O) groups excluding carboxylic acids is 1. The summed E-state index contributed by atoms with van der Waals surface area (Å²) < 4.78 is 0. The summed E-state index contributed by atoms with van der Waals surface area (Å²) in [6, 6.07) is -0.207. The molecule has 1 saturated carbocycles. The van der Waals surface area contributed by atoms with Crippen LogP contribution in [0, 0.1) is 19.8 Å². The van der Waals surface area contributed by atoms with Gasteiger partial charge >= 0.3 is 12.0 Å². The normalized spacial score (nSPS) is 16.7. The van der Waals surface area contributed by atoms with Crippen LogP contribution in [-0.2, 0) is 0 Å². The van der Waals surface area contributed by atoms with Crippen molar-refractivity contribution in [3.8, 4) is 0 Å². The van der Waals surface area contributed by atoms with Gasteiger partial charge in [0, 0.05) is 10.9 Å². The Hall–Kier alpha value is -1.56. The third kappa shape index (κ3) is 3.56. The van der Waals surface area contributed by atoms with Crippen LogP contribution < -0.4 is 10.6 Å². The zero-order valence-corrected chi connectivity index (χ0v) is 13.5. The molecule has 1 atom stereocenters. The third-order valence-electron chi connectivity index (χ3n) is 4.29. The summed E-state index contributed by atoms with van der Waals surface area (Å²) in [5, 5.41) is 15.3. The summed E-state index contributed by atoms with van der Waals surface area (Å²) in [5.74, 6) is -0.475. The van der Waals surface area contributed by atoms with Crippen LogP contribution in [0.25, 0.3) is 0 Å². The van der Waals surface area contributed by atoms with Crippen LogP contribution in [-0.4, -0.2) is 23.1 Å². The van der Waals surface area contributed by atoms with Crippen molar-refractivity contribution in [2.45, 2.75) is 52.5 Å². The second kappa shape index (κ2) is 6.47. The smallest absolute Gasteiger partial charge is 0.338 e. The van der Waals surface area contributed by atoms with E-state index in [1.165, 1.54) is 24.2 Å². The first-order chi connectivity index (χ1) is 9.90. The Labute approximate surface area is 128 Å². The van der Waals surface area contributed by atoms with Crippen LogP contribution in [0.1, 0.15) is 53.4 Å². The summed E-state index contributed by atoms with van der Waals surface area (Å²) in [6.45, 7) is 5.63. The zero-order chi connectivity index (χ0) is 15.6. The van der Waals surface area contributed by atoms with Crippen LogP contribution >= 0.6 is 11.3 Å². The monoisotopic (exact) mass is 310 g/mol. The fourth-order valence-corrected chi connectivity index (χ4v) is 3.94. The van der Waals surface area contributed by atoms with E-state index in [1.807, 2.05) is 13.8 Å². The molecule has 21 heavy (non-hydrogen) atoms. The largest absolute Gasteiger partial charge is 0.478 e. The van der Waals surface area contributed by atoms with E-state index in [0.717, 1.165) is 17.7 Å². The maximum Gasteiger partial charge on any atom is 0.338 e. The highest BCUT2D eigenvalue weighted by atomic mass is 32.1. The molecule has 0 aromatic carbocycles. The number of urea groups is 1. The first-order valence-electron chi connectivity index (χ1n) is 7.31. The van der Waals surface area contributed by atoms with E-state index in [-0.39, 0.29) is 17.6 Å². The minimum Gasteiger partial charge on any atom is -0.478 e. The topological polar surface area (TPSA) is 78.4 Å². The molecule has 1 aromatic rings. The maximum absolute atomic E-state index is 12.1. The van der Waals surface area contributed by atoms with Crippen molar-refractivity contribution >= 4 is 28.3 Å². The molecule has 0 spiro atoms. The number of anilines is 1. The molecule has 0 radical (unpaired) electrons. The van der Waals surface area contributed by atoms with Crippen molar-refractivity contribution in [3.63, 3.8) is 0 Å². The molecule has 1 aromatic heterocycles. The molecule has 5 nitrogen and oxygen atoms in total. The van der Waals surface area contributed by atoms with Gasteiger partial charge < -0.3 is 10.4 Å². The lowest BCUT2D eigenvalue weighted by Gasteiger charge is -2.20. The predicted octanol–water partition coefficient (Wildman–Crippen LogP) is 3.76. The van der Waals surface area contributed by atoms with Gasteiger partial charge in [-0.05, 0) is 45.1 Å². The summed E-state index contributed by atoms with van der Waals surface area (Å²) in [4.78, 5) is 24.3. The first kappa shape index (κ1) is 15.8. The highest BCUT2D eigenvalue weighted by molar-refractivity contribution is 7.16. The molecule has 1 heterocycles. The van der Waals surface area contributed by atoms with Gasteiger partial charge in [-0.1, -0.05) is 12.8 Å². The SMILES string of the molecule is Cc1sc(NC(=O)N[C@H](C)C2CCCC2)c(C(=O)O)c1C. The van der Waals surface area contributed by atoms with Gasteiger partial charge in [0.15, 0.2) is 0 Å². The average molecular weight is 310 g/mol. The summed E-state index contributed by atoms with van der Waals surface area (Å²) in [5.41, 5.74) is 0.910. The van der Waals surface area contributed by atoms with Gasteiger partial charge in [0.25, 0.3) is 0 Å². The Kier molecular flexibility index (Phi) is 4.88. The van der Waals surface area contributed by atoms with E-state index in [0.29, 0.717) is 16.5 Å². The molecule has 1 fully saturated rings. The minimum atomic E-state index is -1.00. The van der Waals surface area contributed by atoms with Gasteiger partial charge in [-0.3, -0.25) is 5.32 Å². The predicted molar refractivity (Wildman–Crippen MR) is 84.3 cm³/mol. The van der Waals surface area contributed by atoms with E-state index in [4.69, 9.17) is 0 Å². The number of carboxylic acids is 1. The van der Waals surface area contributed by atoms with Gasteiger partial charge in [-0.25, -0.2) is 9.59 Å². The van der Waals surface area contributed by atoms with E-state index in [2.05, 4.69) is 10.6 Å². The van der Waals surface area contributed by atoms with Crippen LogP contribution in [0.15, 0.2) is 0 Å². The molecule has 116 valence electrons. The van der Waals surface area contributed by atoms with Crippen molar-refractivity contribution in [1.82, 2.24) is 5.32 Å². The molecule has 0 saturated heterocycles. The molecule has 1 aliphatic carbocycles. The number of rotatable bonds is 4. The molecule has 2 amide bonds. The molecule has 0 aliphatic heterocycles.